The zero-order valence-corrected chi connectivity index (χ0v) is 11.2. The van der Waals surface area contributed by atoms with Gasteiger partial charge in [0.25, 0.3) is 5.91 Å². The van der Waals surface area contributed by atoms with E-state index in [-0.39, 0.29) is 11.7 Å². The molecule has 0 fully saturated rings. The fraction of sp³-hybridized carbons (Fsp3) is 0.200. The number of H-pyrrole nitrogens is 1. The first-order valence-electron chi connectivity index (χ1n) is 6.06. The zero-order chi connectivity index (χ0) is 14.0. The quantitative estimate of drug-likeness (QED) is 0.829. The van der Waals surface area contributed by atoms with E-state index < -0.39 is 0 Å². The number of hydrogen-bond donors (Lipinski definition) is 2. The van der Waals surface area contributed by atoms with Gasteiger partial charge in [-0.25, -0.2) is 0 Å². The molecule has 0 spiro atoms. The third kappa shape index (κ3) is 2.73. The van der Waals surface area contributed by atoms with Crippen LogP contribution in [-0.2, 0) is 0 Å². The second kappa shape index (κ2) is 5.10. The number of para-hydroxylation sites is 1. The first-order valence-corrected chi connectivity index (χ1v) is 6.06. The van der Waals surface area contributed by atoms with E-state index in [1.807, 2.05) is 13.8 Å². The molecule has 19 heavy (non-hydrogen) atoms. The maximum absolute atomic E-state index is 12.2. The lowest BCUT2D eigenvalue weighted by Crippen LogP contribution is -2.14. The van der Waals surface area contributed by atoms with Crippen LogP contribution in [0.3, 0.4) is 0 Å². The van der Waals surface area contributed by atoms with Crippen molar-refractivity contribution >= 4 is 17.4 Å². The van der Waals surface area contributed by atoms with Crippen LogP contribution < -0.4 is 5.32 Å². The van der Waals surface area contributed by atoms with Gasteiger partial charge in [-0.05, 0) is 39.0 Å². The van der Waals surface area contributed by atoms with Crippen LogP contribution in [0.5, 0.6) is 0 Å². The third-order valence-electron chi connectivity index (χ3n) is 2.95. The minimum atomic E-state index is -0.212. The monoisotopic (exact) mass is 256 g/mol. The van der Waals surface area contributed by atoms with Gasteiger partial charge in [0.2, 0.25) is 0 Å². The van der Waals surface area contributed by atoms with E-state index in [1.165, 1.54) is 6.92 Å². The van der Waals surface area contributed by atoms with E-state index in [0.29, 0.717) is 16.8 Å². The number of aromatic nitrogens is 1. The lowest BCUT2D eigenvalue weighted by molar-refractivity contribution is 0.101. The van der Waals surface area contributed by atoms with Crippen LogP contribution in [0.25, 0.3) is 0 Å². The van der Waals surface area contributed by atoms with Crippen molar-refractivity contribution in [2.24, 2.45) is 0 Å². The van der Waals surface area contributed by atoms with Crippen LogP contribution in [0.2, 0.25) is 0 Å². The number of carbonyl (C=O) groups is 2. The molecule has 0 aliphatic rings. The van der Waals surface area contributed by atoms with Gasteiger partial charge in [0.15, 0.2) is 5.78 Å². The van der Waals surface area contributed by atoms with Crippen LogP contribution in [0, 0.1) is 13.8 Å². The number of aromatic amines is 1. The molecule has 1 aromatic carbocycles. The Labute approximate surface area is 111 Å². The van der Waals surface area contributed by atoms with Crippen molar-refractivity contribution in [2.45, 2.75) is 20.8 Å². The van der Waals surface area contributed by atoms with Crippen LogP contribution in [0.4, 0.5) is 5.69 Å². The highest BCUT2D eigenvalue weighted by atomic mass is 16.1. The van der Waals surface area contributed by atoms with E-state index >= 15 is 0 Å². The Morgan fingerprint density at radius 2 is 1.79 bits per heavy atom. The largest absolute Gasteiger partial charge is 0.362 e. The van der Waals surface area contributed by atoms with Crippen molar-refractivity contribution in [3.8, 4) is 0 Å². The molecule has 2 aromatic rings. The van der Waals surface area contributed by atoms with Crippen molar-refractivity contribution in [3.63, 3.8) is 0 Å². The molecule has 4 nitrogen and oxygen atoms in total. The van der Waals surface area contributed by atoms with Crippen molar-refractivity contribution in [2.75, 3.05) is 5.32 Å². The molecule has 0 aliphatic heterocycles. The first-order chi connectivity index (χ1) is 8.99. The van der Waals surface area contributed by atoms with Crippen molar-refractivity contribution < 1.29 is 9.59 Å². The number of nitrogens with one attached hydrogen (secondary N) is 2. The number of rotatable bonds is 3. The molecule has 0 saturated carbocycles. The Bertz CT molecular complexity index is 641. The summed E-state index contributed by atoms with van der Waals surface area (Å²) < 4.78 is 0. The van der Waals surface area contributed by atoms with Gasteiger partial charge in [0, 0.05) is 17.0 Å². The van der Waals surface area contributed by atoms with Crippen molar-refractivity contribution in [1.29, 1.82) is 0 Å². The summed E-state index contributed by atoms with van der Waals surface area (Å²) in [5.74, 6) is -0.284. The van der Waals surface area contributed by atoms with E-state index in [2.05, 4.69) is 10.3 Å². The topological polar surface area (TPSA) is 62.0 Å². The number of carbonyl (C=O) groups excluding carboxylic acids is 2. The maximum Gasteiger partial charge on any atom is 0.257 e. The zero-order valence-electron chi connectivity index (χ0n) is 11.2. The Balaban J connectivity index is 2.29. The SMILES string of the molecule is CC(=O)c1ccccc1NC(=O)c1cc(C)[nH]c1C. The minimum Gasteiger partial charge on any atom is -0.362 e. The van der Waals surface area contributed by atoms with E-state index in [9.17, 15) is 9.59 Å². The molecule has 98 valence electrons. The molecule has 0 bridgehead atoms. The smallest absolute Gasteiger partial charge is 0.257 e. The summed E-state index contributed by atoms with van der Waals surface area (Å²) in [4.78, 5) is 26.8. The van der Waals surface area contributed by atoms with Gasteiger partial charge in [-0.3, -0.25) is 9.59 Å². The molecule has 0 unspecified atom stereocenters. The number of amides is 1. The molecule has 4 heteroatoms. The molecular weight excluding hydrogens is 240 g/mol. The molecule has 0 radical (unpaired) electrons. The average molecular weight is 256 g/mol. The van der Waals surface area contributed by atoms with E-state index in [4.69, 9.17) is 0 Å². The molecule has 0 aliphatic carbocycles. The summed E-state index contributed by atoms with van der Waals surface area (Å²) in [6, 6.07) is 8.78. The molecule has 0 saturated heterocycles. The predicted octanol–water partition coefficient (Wildman–Crippen LogP) is 3.09. The van der Waals surface area contributed by atoms with Crippen LogP contribution in [-0.4, -0.2) is 16.7 Å². The number of ketones is 1. The number of anilines is 1. The van der Waals surface area contributed by atoms with Crippen LogP contribution in [0.1, 0.15) is 39.0 Å². The summed E-state index contributed by atoms with van der Waals surface area (Å²) in [5.41, 5.74) is 3.40. The highest BCUT2D eigenvalue weighted by Gasteiger charge is 2.14. The van der Waals surface area contributed by atoms with Gasteiger partial charge in [-0.2, -0.15) is 0 Å². The number of hydrogen-bond acceptors (Lipinski definition) is 2. The van der Waals surface area contributed by atoms with E-state index in [0.717, 1.165) is 11.4 Å². The summed E-state index contributed by atoms with van der Waals surface area (Å²) in [7, 11) is 0. The summed E-state index contributed by atoms with van der Waals surface area (Å²) in [6.07, 6.45) is 0. The Morgan fingerprint density at radius 3 is 2.37 bits per heavy atom. The number of aryl methyl sites for hydroxylation is 2. The third-order valence-corrected chi connectivity index (χ3v) is 2.95. The molecule has 0 atom stereocenters. The second-order valence-electron chi connectivity index (χ2n) is 4.55. The lowest BCUT2D eigenvalue weighted by atomic mass is 10.1. The molecule has 2 N–H and O–H groups in total. The maximum atomic E-state index is 12.2. The van der Waals surface area contributed by atoms with Gasteiger partial charge >= 0.3 is 0 Å². The highest BCUT2D eigenvalue weighted by molar-refractivity contribution is 6.09. The van der Waals surface area contributed by atoms with Crippen LogP contribution >= 0.6 is 0 Å². The Morgan fingerprint density at radius 1 is 1.11 bits per heavy atom. The number of Topliss-reactive ketones (excluding diaryl/α,β-unsaturated/α-hetero) is 1. The molecular formula is C15H16N2O2. The molecule has 1 heterocycles. The van der Waals surface area contributed by atoms with Gasteiger partial charge in [-0.15, -0.1) is 0 Å². The standard InChI is InChI=1S/C15H16N2O2/c1-9-8-13(10(2)16-9)15(19)17-14-7-5-4-6-12(14)11(3)18/h4-8,16H,1-3H3,(H,17,19). The first kappa shape index (κ1) is 13.1. The fourth-order valence-electron chi connectivity index (χ4n) is 2.05. The summed E-state index contributed by atoms with van der Waals surface area (Å²) >= 11 is 0. The summed E-state index contributed by atoms with van der Waals surface area (Å²) in [5, 5.41) is 2.78. The van der Waals surface area contributed by atoms with Crippen molar-refractivity contribution in [1.82, 2.24) is 4.98 Å². The fourth-order valence-corrected chi connectivity index (χ4v) is 2.05. The summed E-state index contributed by atoms with van der Waals surface area (Å²) in [6.45, 7) is 5.22. The number of benzene rings is 1. The minimum absolute atomic E-state index is 0.0714. The van der Waals surface area contributed by atoms with Crippen LogP contribution in [0.15, 0.2) is 30.3 Å². The van der Waals surface area contributed by atoms with Gasteiger partial charge in [-0.1, -0.05) is 12.1 Å². The highest BCUT2D eigenvalue weighted by Crippen LogP contribution is 2.18. The lowest BCUT2D eigenvalue weighted by Gasteiger charge is -2.08. The predicted molar refractivity (Wildman–Crippen MR) is 74.7 cm³/mol. The molecule has 2 rings (SSSR count). The average Bonchev–Trinajstić information content (AvgIpc) is 2.69. The normalized spacial score (nSPS) is 10.3. The van der Waals surface area contributed by atoms with Gasteiger partial charge in [0.1, 0.15) is 0 Å². The Hall–Kier alpha value is -2.36. The Kier molecular flexibility index (Phi) is 3.51. The van der Waals surface area contributed by atoms with Gasteiger partial charge < -0.3 is 10.3 Å². The molecule has 1 amide bonds. The van der Waals surface area contributed by atoms with E-state index in [1.54, 1.807) is 30.3 Å². The molecule has 1 aromatic heterocycles. The second-order valence-corrected chi connectivity index (χ2v) is 4.55. The van der Waals surface area contributed by atoms with Crippen molar-refractivity contribution in [3.05, 3.63) is 52.8 Å². The van der Waals surface area contributed by atoms with Gasteiger partial charge in [0.05, 0.1) is 11.3 Å².